The minimum Gasteiger partial charge on any atom is -0.496 e. The lowest BCUT2D eigenvalue weighted by Gasteiger charge is -2.16. The fraction of sp³-hybridized carbons (Fsp3) is 0.385. The van der Waals surface area contributed by atoms with E-state index in [-0.39, 0.29) is 0 Å². The van der Waals surface area contributed by atoms with E-state index in [4.69, 9.17) is 10.5 Å². The van der Waals surface area contributed by atoms with Gasteiger partial charge in [-0.05, 0) is 13.1 Å². The molecule has 3 heteroatoms. The molecule has 0 amide bonds. The molecule has 1 aromatic carbocycles. The van der Waals surface area contributed by atoms with Gasteiger partial charge >= 0.3 is 0 Å². The number of benzene rings is 1. The Labute approximate surface area is 97.5 Å². The fourth-order valence-electron chi connectivity index (χ4n) is 1.54. The zero-order chi connectivity index (χ0) is 11.8. The van der Waals surface area contributed by atoms with Crippen molar-refractivity contribution in [3.63, 3.8) is 0 Å². The molecule has 2 N–H and O–H groups in total. The van der Waals surface area contributed by atoms with Crippen molar-refractivity contribution in [3.8, 4) is 5.75 Å². The Bertz CT molecular complexity index is 336. The van der Waals surface area contributed by atoms with E-state index in [1.807, 2.05) is 24.3 Å². The van der Waals surface area contributed by atoms with E-state index in [0.29, 0.717) is 6.54 Å². The first-order valence-corrected chi connectivity index (χ1v) is 5.43. The summed E-state index contributed by atoms with van der Waals surface area (Å²) in [6, 6.07) is 8.08. The summed E-state index contributed by atoms with van der Waals surface area (Å²) >= 11 is 0. The van der Waals surface area contributed by atoms with E-state index in [0.717, 1.165) is 18.8 Å². The number of hydrogen-bond donors (Lipinski definition) is 1. The molecule has 0 radical (unpaired) electrons. The summed E-state index contributed by atoms with van der Waals surface area (Å²) in [5.74, 6) is 0.942. The van der Waals surface area contributed by atoms with Crippen LogP contribution in [-0.2, 0) is 6.54 Å². The highest BCUT2D eigenvalue weighted by Gasteiger charge is 2.03. The molecule has 0 unspecified atom stereocenters. The number of ether oxygens (including phenoxy) is 1. The molecule has 0 spiro atoms. The van der Waals surface area contributed by atoms with E-state index in [1.165, 1.54) is 5.56 Å². The molecule has 0 heterocycles. The van der Waals surface area contributed by atoms with Crippen LogP contribution in [-0.4, -0.2) is 32.1 Å². The Morgan fingerprint density at radius 2 is 2.06 bits per heavy atom. The lowest BCUT2D eigenvalue weighted by Crippen LogP contribution is -2.18. The summed E-state index contributed by atoms with van der Waals surface area (Å²) in [5, 5.41) is 0. The number of rotatable bonds is 6. The van der Waals surface area contributed by atoms with Gasteiger partial charge in [0.15, 0.2) is 0 Å². The van der Waals surface area contributed by atoms with Crippen molar-refractivity contribution in [1.29, 1.82) is 0 Å². The molecule has 3 nitrogen and oxygen atoms in total. The number of nitrogens with two attached hydrogens (primary N) is 1. The second-order valence-corrected chi connectivity index (χ2v) is 3.72. The first kappa shape index (κ1) is 12.7. The highest BCUT2D eigenvalue weighted by atomic mass is 16.5. The van der Waals surface area contributed by atoms with Gasteiger partial charge in [-0.3, -0.25) is 4.90 Å². The molecule has 1 aromatic rings. The Kier molecular flexibility index (Phi) is 5.61. The van der Waals surface area contributed by atoms with Crippen LogP contribution in [0, 0.1) is 0 Å². The van der Waals surface area contributed by atoms with Crippen molar-refractivity contribution in [1.82, 2.24) is 4.90 Å². The highest BCUT2D eigenvalue weighted by Crippen LogP contribution is 2.18. The standard InChI is InChI=1S/C13H20N2O/c1-15(10-6-5-9-14)11-12-7-3-4-8-13(12)16-2/h3-8H,9-11,14H2,1-2H3. The maximum Gasteiger partial charge on any atom is 0.123 e. The maximum absolute atomic E-state index is 5.39. The summed E-state index contributed by atoms with van der Waals surface area (Å²) < 4.78 is 5.31. The minimum absolute atomic E-state index is 0.600. The monoisotopic (exact) mass is 220 g/mol. The van der Waals surface area contributed by atoms with Gasteiger partial charge in [-0.2, -0.15) is 0 Å². The molecule has 1 rings (SSSR count). The third-order valence-corrected chi connectivity index (χ3v) is 2.35. The van der Waals surface area contributed by atoms with Crippen LogP contribution < -0.4 is 10.5 Å². The normalized spacial score (nSPS) is 11.2. The van der Waals surface area contributed by atoms with Crippen LogP contribution >= 0.6 is 0 Å². The number of para-hydroxylation sites is 1. The predicted octanol–water partition coefficient (Wildman–Crippen LogP) is 1.64. The van der Waals surface area contributed by atoms with Crippen molar-refractivity contribution in [2.75, 3.05) is 27.2 Å². The average molecular weight is 220 g/mol. The van der Waals surface area contributed by atoms with Gasteiger partial charge in [0.05, 0.1) is 7.11 Å². The first-order chi connectivity index (χ1) is 7.77. The van der Waals surface area contributed by atoms with E-state index in [9.17, 15) is 0 Å². The summed E-state index contributed by atoms with van der Waals surface area (Å²) in [6.45, 7) is 2.37. The van der Waals surface area contributed by atoms with Gasteiger partial charge in [0.25, 0.3) is 0 Å². The molecule has 0 aliphatic carbocycles. The third-order valence-electron chi connectivity index (χ3n) is 2.35. The number of nitrogens with zero attached hydrogens (tertiary/aromatic N) is 1. The average Bonchev–Trinajstić information content (AvgIpc) is 2.30. The number of hydrogen-bond acceptors (Lipinski definition) is 3. The van der Waals surface area contributed by atoms with Crippen molar-refractivity contribution in [2.24, 2.45) is 5.73 Å². The van der Waals surface area contributed by atoms with E-state index in [1.54, 1.807) is 7.11 Å². The van der Waals surface area contributed by atoms with Gasteiger partial charge < -0.3 is 10.5 Å². The van der Waals surface area contributed by atoms with Crippen LogP contribution in [0.15, 0.2) is 36.4 Å². The Balaban J connectivity index is 2.55. The molecule has 0 aliphatic rings. The molecule has 0 bridgehead atoms. The van der Waals surface area contributed by atoms with Gasteiger partial charge in [0.1, 0.15) is 5.75 Å². The Morgan fingerprint density at radius 1 is 1.31 bits per heavy atom. The van der Waals surface area contributed by atoms with E-state index in [2.05, 4.69) is 24.1 Å². The van der Waals surface area contributed by atoms with Gasteiger partial charge in [-0.25, -0.2) is 0 Å². The number of methoxy groups -OCH3 is 1. The molecule has 0 fully saturated rings. The molecular weight excluding hydrogens is 200 g/mol. The highest BCUT2D eigenvalue weighted by molar-refractivity contribution is 5.33. The van der Waals surface area contributed by atoms with Crippen molar-refractivity contribution in [2.45, 2.75) is 6.54 Å². The topological polar surface area (TPSA) is 38.5 Å². The SMILES string of the molecule is COc1ccccc1CN(C)CC=CCN. The van der Waals surface area contributed by atoms with Crippen LogP contribution in [0.1, 0.15) is 5.56 Å². The van der Waals surface area contributed by atoms with E-state index >= 15 is 0 Å². The lowest BCUT2D eigenvalue weighted by atomic mass is 10.2. The van der Waals surface area contributed by atoms with Gasteiger partial charge in [0, 0.05) is 25.2 Å². The van der Waals surface area contributed by atoms with Crippen LogP contribution in [0.2, 0.25) is 0 Å². The largest absolute Gasteiger partial charge is 0.496 e. The second-order valence-electron chi connectivity index (χ2n) is 3.72. The molecular formula is C13H20N2O. The summed E-state index contributed by atoms with van der Waals surface area (Å²) in [7, 11) is 3.78. The molecule has 16 heavy (non-hydrogen) atoms. The first-order valence-electron chi connectivity index (χ1n) is 5.43. The maximum atomic E-state index is 5.39. The van der Waals surface area contributed by atoms with Gasteiger partial charge in [0.2, 0.25) is 0 Å². The molecule has 0 saturated carbocycles. The van der Waals surface area contributed by atoms with E-state index < -0.39 is 0 Å². The van der Waals surface area contributed by atoms with Crippen molar-refractivity contribution >= 4 is 0 Å². The summed E-state index contributed by atoms with van der Waals surface area (Å²) in [6.07, 6.45) is 4.05. The van der Waals surface area contributed by atoms with Crippen LogP contribution in [0.4, 0.5) is 0 Å². The fourth-order valence-corrected chi connectivity index (χ4v) is 1.54. The van der Waals surface area contributed by atoms with Gasteiger partial charge in [-0.15, -0.1) is 0 Å². The Hall–Kier alpha value is -1.32. The molecule has 0 atom stereocenters. The predicted molar refractivity (Wildman–Crippen MR) is 67.5 cm³/mol. The van der Waals surface area contributed by atoms with Gasteiger partial charge in [-0.1, -0.05) is 30.4 Å². The number of likely N-dealkylation sites (N-methyl/N-ethyl adjacent to an activating group) is 1. The molecule has 88 valence electrons. The Morgan fingerprint density at radius 3 is 2.75 bits per heavy atom. The van der Waals surface area contributed by atoms with Crippen molar-refractivity contribution < 1.29 is 4.74 Å². The lowest BCUT2D eigenvalue weighted by molar-refractivity contribution is 0.346. The summed E-state index contributed by atoms with van der Waals surface area (Å²) in [5.41, 5.74) is 6.59. The summed E-state index contributed by atoms with van der Waals surface area (Å²) in [4.78, 5) is 2.21. The quantitative estimate of drug-likeness (QED) is 0.741. The van der Waals surface area contributed by atoms with Crippen LogP contribution in [0.25, 0.3) is 0 Å². The molecule has 0 aromatic heterocycles. The minimum atomic E-state index is 0.600. The second kappa shape index (κ2) is 7.04. The molecule has 0 aliphatic heterocycles. The molecule has 0 saturated heterocycles. The zero-order valence-corrected chi connectivity index (χ0v) is 10.0. The zero-order valence-electron chi connectivity index (χ0n) is 10.0. The smallest absolute Gasteiger partial charge is 0.123 e. The van der Waals surface area contributed by atoms with Crippen LogP contribution in [0.3, 0.4) is 0 Å². The van der Waals surface area contributed by atoms with Crippen molar-refractivity contribution in [3.05, 3.63) is 42.0 Å². The van der Waals surface area contributed by atoms with Crippen LogP contribution in [0.5, 0.6) is 5.75 Å². The third kappa shape index (κ3) is 4.04.